The molecule has 0 radical (unpaired) electrons. The minimum absolute atomic E-state index is 0.0616. The fourth-order valence-corrected chi connectivity index (χ4v) is 5.57. The first kappa shape index (κ1) is 24.6. The Morgan fingerprint density at radius 2 is 1.68 bits per heavy atom. The van der Waals surface area contributed by atoms with Gasteiger partial charge in [0.25, 0.3) is 5.60 Å². The maximum absolute atomic E-state index is 14.2. The van der Waals surface area contributed by atoms with Crippen LogP contribution in [0.3, 0.4) is 0 Å². The normalized spacial score (nSPS) is 19.8. The van der Waals surface area contributed by atoms with Crippen LogP contribution in [0.25, 0.3) is 0 Å². The Hall–Kier alpha value is -2.55. The van der Waals surface area contributed by atoms with Crippen LogP contribution in [0.4, 0.5) is 18.9 Å². The van der Waals surface area contributed by atoms with Crippen molar-refractivity contribution in [3.05, 3.63) is 93.5 Å². The van der Waals surface area contributed by atoms with E-state index >= 15 is 0 Å². The van der Waals surface area contributed by atoms with E-state index in [2.05, 4.69) is 9.52 Å². The van der Waals surface area contributed by atoms with Crippen LogP contribution in [-0.4, -0.2) is 22.4 Å². The van der Waals surface area contributed by atoms with E-state index < -0.39 is 27.9 Å². The van der Waals surface area contributed by atoms with Crippen molar-refractivity contribution in [1.29, 1.82) is 0 Å². The molecule has 0 N–H and O–H groups in total. The van der Waals surface area contributed by atoms with Crippen LogP contribution in [0.2, 0.25) is 10.0 Å². The summed E-state index contributed by atoms with van der Waals surface area (Å²) in [7, 11) is -2.70. The third-order valence-electron chi connectivity index (χ3n) is 5.50. The third kappa shape index (κ3) is 4.67. The summed E-state index contributed by atoms with van der Waals surface area (Å²) in [4.78, 5) is 5.64. The second kappa shape index (κ2) is 8.91. The van der Waals surface area contributed by atoms with E-state index in [1.54, 1.807) is 55.6 Å². The van der Waals surface area contributed by atoms with Gasteiger partial charge in [-0.2, -0.15) is 17.5 Å². The number of halogens is 5. The first-order valence-corrected chi connectivity index (χ1v) is 12.8. The van der Waals surface area contributed by atoms with Crippen molar-refractivity contribution in [3.63, 3.8) is 0 Å². The van der Waals surface area contributed by atoms with Gasteiger partial charge in [0.05, 0.1) is 21.1 Å². The average molecular weight is 527 g/mol. The van der Waals surface area contributed by atoms with Crippen LogP contribution in [-0.2, 0) is 20.2 Å². The quantitative estimate of drug-likeness (QED) is 0.350. The largest absolute Gasteiger partial charge is 0.435 e. The lowest BCUT2D eigenvalue weighted by Crippen LogP contribution is -2.42. The van der Waals surface area contributed by atoms with Crippen molar-refractivity contribution in [2.24, 2.45) is 9.52 Å². The molecule has 0 saturated heterocycles. The molecule has 1 heterocycles. The molecule has 0 saturated carbocycles. The zero-order chi connectivity index (χ0) is 24.7. The SMILES string of the molecule is Cc1cc(C2=NOC(c3cc(Cl)cc(Cl)c3)(C(F)(F)F)C2)ccc1N=S(C)(=O)c1ccccc1. The summed E-state index contributed by atoms with van der Waals surface area (Å²) in [6, 6.07) is 17.4. The van der Waals surface area contributed by atoms with Crippen LogP contribution in [0.1, 0.15) is 23.1 Å². The summed E-state index contributed by atoms with van der Waals surface area (Å²) in [6.07, 6.45) is -3.80. The Kier molecular flexibility index (Phi) is 6.44. The number of nitrogens with zero attached hydrogens (tertiary/aromatic N) is 2. The topological polar surface area (TPSA) is 51.0 Å². The average Bonchev–Trinajstić information content (AvgIpc) is 3.22. The molecule has 3 aromatic carbocycles. The zero-order valence-corrected chi connectivity index (χ0v) is 20.4. The maximum Gasteiger partial charge on any atom is 0.435 e. The van der Waals surface area contributed by atoms with Crippen molar-refractivity contribution in [2.75, 3.05) is 6.26 Å². The Morgan fingerprint density at radius 1 is 1.03 bits per heavy atom. The van der Waals surface area contributed by atoms with Gasteiger partial charge in [-0.3, -0.25) is 0 Å². The molecule has 34 heavy (non-hydrogen) atoms. The van der Waals surface area contributed by atoms with Gasteiger partial charge in [0.15, 0.2) is 0 Å². The van der Waals surface area contributed by atoms with Gasteiger partial charge in [-0.25, -0.2) is 4.21 Å². The molecule has 2 unspecified atom stereocenters. The third-order valence-corrected chi connectivity index (χ3v) is 7.63. The summed E-state index contributed by atoms with van der Waals surface area (Å²) < 4.78 is 60.2. The highest BCUT2D eigenvalue weighted by Crippen LogP contribution is 2.49. The number of aryl methyl sites for hydroxylation is 1. The van der Waals surface area contributed by atoms with E-state index in [1.165, 1.54) is 18.2 Å². The predicted molar refractivity (Wildman–Crippen MR) is 128 cm³/mol. The summed E-state index contributed by atoms with van der Waals surface area (Å²) >= 11 is 11.9. The fraction of sp³-hybridized carbons (Fsp3) is 0.208. The molecule has 0 fully saturated rings. The summed E-state index contributed by atoms with van der Waals surface area (Å²) in [5.41, 5.74) is -1.27. The highest BCUT2D eigenvalue weighted by atomic mass is 35.5. The van der Waals surface area contributed by atoms with E-state index in [-0.39, 0.29) is 21.3 Å². The second-order valence-corrected chi connectivity index (χ2v) is 11.1. The Balaban J connectivity index is 1.68. The fourth-order valence-electron chi connectivity index (χ4n) is 3.70. The van der Waals surface area contributed by atoms with E-state index in [0.717, 1.165) is 0 Å². The maximum atomic E-state index is 14.2. The molecule has 0 spiro atoms. The minimum atomic E-state index is -4.78. The molecule has 0 aromatic heterocycles. The number of oxime groups is 1. The van der Waals surface area contributed by atoms with Gasteiger partial charge in [0.2, 0.25) is 0 Å². The monoisotopic (exact) mass is 526 g/mol. The molecule has 3 aromatic rings. The van der Waals surface area contributed by atoms with E-state index in [1.807, 2.05) is 6.07 Å². The first-order chi connectivity index (χ1) is 15.9. The molecule has 0 bridgehead atoms. The molecule has 4 nitrogen and oxygen atoms in total. The van der Waals surface area contributed by atoms with Gasteiger partial charge >= 0.3 is 6.18 Å². The van der Waals surface area contributed by atoms with Gasteiger partial charge in [-0.15, -0.1) is 0 Å². The Labute approximate surface area is 205 Å². The molecule has 178 valence electrons. The zero-order valence-electron chi connectivity index (χ0n) is 18.1. The van der Waals surface area contributed by atoms with Crippen LogP contribution >= 0.6 is 23.2 Å². The molecule has 10 heteroatoms. The second-order valence-electron chi connectivity index (χ2n) is 8.00. The lowest BCUT2D eigenvalue weighted by Gasteiger charge is -2.29. The summed E-state index contributed by atoms with van der Waals surface area (Å²) in [5.74, 6) is 0. The number of hydrogen-bond acceptors (Lipinski definition) is 4. The highest BCUT2D eigenvalue weighted by Gasteiger charge is 2.62. The molecule has 0 amide bonds. The highest BCUT2D eigenvalue weighted by molar-refractivity contribution is 7.93. The van der Waals surface area contributed by atoms with Crippen LogP contribution in [0, 0.1) is 6.92 Å². The van der Waals surface area contributed by atoms with Gasteiger partial charge in [-0.1, -0.05) is 52.6 Å². The lowest BCUT2D eigenvalue weighted by molar-refractivity contribution is -0.275. The van der Waals surface area contributed by atoms with Crippen LogP contribution in [0.5, 0.6) is 0 Å². The Morgan fingerprint density at radius 3 is 2.26 bits per heavy atom. The van der Waals surface area contributed by atoms with Gasteiger partial charge in [0.1, 0.15) is 0 Å². The summed E-state index contributed by atoms with van der Waals surface area (Å²) in [6.45, 7) is 1.74. The van der Waals surface area contributed by atoms with Crippen molar-refractivity contribution >= 4 is 44.3 Å². The first-order valence-electron chi connectivity index (χ1n) is 10.1. The molecule has 2 atom stereocenters. The van der Waals surface area contributed by atoms with Crippen molar-refractivity contribution in [3.8, 4) is 0 Å². The van der Waals surface area contributed by atoms with Gasteiger partial charge in [-0.05, 0) is 60.5 Å². The van der Waals surface area contributed by atoms with Gasteiger partial charge < -0.3 is 4.84 Å². The van der Waals surface area contributed by atoms with Crippen molar-refractivity contribution in [2.45, 2.75) is 30.0 Å². The number of hydrogen-bond donors (Lipinski definition) is 0. The van der Waals surface area contributed by atoms with E-state index in [4.69, 9.17) is 28.0 Å². The summed E-state index contributed by atoms with van der Waals surface area (Å²) in [5, 5.41) is 3.90. The number of alkyl halides is 3. The van der Waals surface area contributed by atoms with Crippen molar-refractivity contribution < 1.29 is 22.2 Å². The smallest absolute Gasteiger partial charge is 0.374 e. The van der Waals surface area contributed by atoms with E-state index in [9.17, 15) is 17.4 Å². The molecular weight excluding hydrogens is 508 g/mol. The van der Waals surface area contributed by atoms with Crippen LogP contribution < -0.4 is 0 Å². The van der Waals surface area contributed by atoms with Crippen molar-refractivity contribution in [1.82, 2.24) is 0 Å². The molecule has 1 aliphatic heterocycles. The molecular formula is C24H19Cl2F3N2O2S. The standard InChI is InChI=1S/C24H19Cl2F3N2O2S/c1-15-10-16(8-9-21(15)31-34(2,32)20-6-4-3-5-7-20)22-14-23(33-30-22,24(27,28)29)17-11-18(25)13-19(26)12-17/h3-13H,14H2,1-2H3. The lowest BCUT2D eigenvalue weighted by atomic mass is 9.86. The number of rotatable bonds is 4. The molecule has 0 aliphatic carbocycles. The Bertz CT molecular complexity index is 1380. The predicted octanol–water partition coefficient (Wildman–Crippen LogP) is 7.67. The molecule has 1 aliphatic rings. The molecule has 4 rings (SSSR count). The minimum Gasteiger partial charge on any atom is -0.374 e. The van der Waals surface area contributed by atoms with E-state index in [0.29, 0.717) is 21.7 Å². The van der Waals surface area contributed by atoms with Gasteiger partial charge in [0, 0.05) is 33.2 Å². The van der Waals surface area contributed by atoms with Crippen LogP contribution in [0.15, 0.2) is 81.1 Å². The number of benzene rings is 3.